The van der Waals surface area contributed by atoms with Crippen LogP contribution in [0.4, 0.5) is 0 Å². The van der Waals surface area contributed by atoms with Gasteiger partial charge in [-0.15, -0.1) is 0 Å². The zero-order valence-corrected chi connectivity index (χ0v) is 15.8. The van der Waals surface area contributed by atoms with Crippen molar-refractivity contribution in [2.45, 2.75) is 44.2 Å². The molecular weight excluding hydrogens is 326 g/mol. The van der Waals surface area contributed by atoms with Crippen molar-refractivity contribution in [3.05, 3.63) is 47.5 Å². The Morgan fingerprint density at radius 2 is 2.12 bits per heavy atom. The van der Waals surface area contributed by atoms with Crippen molar-refractivity contribution in [3.8, 4) is 5.75 Å². The van der Waals surface area contributed by atoms with Crippen LogP contribution >= 0.6 is 0 Å². The summed E-state index contributed by atoms with van der Waals surface area (Å²) in [5, 5.41) is 3.97. The molecule has 26 heavy (non-hydrogen) atoms. The van der Waals surface area contributed by atoms with Crippen molar-refractivity contribution in [2.24, 2.45) is 13.0 Å². The van der Waals surface area contributed by atoms with Gasteiger partial charge in [0.05, 0.1) is 13.2 Å². The third kappa shape index (κ3) is 3.51. The van der Waals surface area contributed by atoms with Crippen molar-refractivity contribution in [1.29, 1.82) is 0 Å². The molecule has 5 nitrogen and oxygen atoms in total. The van der Waals surface area contributed by atoms with Crippen LogP contribution in [0.15, 0.2) is 30.6 Å². The fourth-order valence-electron chi connectivity index (χ4n) is 4.51. The Bertz CT molecular complexity index is 737. The van der Waals surface area contributed by atoms with Crippen molar-refractivity contribution in [2.75, 3.05) is 20.3 Å². The largest absolute Gasteiger partial charge is 0.496 e. The summed E-state index contributed by atoms with van der Waals surface area (Å²) in [5.74, 6) is 2.76. The summed E-state index contributed by atoms with van der Waals surface area (Å²) in [4.78, 5) is 4.67. The average Bonchev–Trinajstić information content (AvgIpc) is 3.11. The van der Waals surface area contributed by atoms with Gasteiger partial charge in [0.15, 0.2) is 0 Å². The van der Waals surface area contributed by atoms with Crippen molar-refractivity contribution >= 4 is 0 Å². The minimum absolute atomic E-state index is 0.288. The molecule has 2 atom stereocenters. The van der Waals surface area contributed by atoms with Gasteiger partial charge < -0.3 is 19.4 Å². The van der Waals surface area contributed by atoms with Gasteiger partial charge >= 0.3 is 0 Å². The van der Waals surface area contributed by atoms with Crippen molar-refractivity contribution < 1.29 is 9.47 Å². The normalized spacial score (nSPS) is 22.0. The van der Waals surface area contributed by atoms with Gasteiger partial charge in [-0.05, 0) is 55.2 Å². The molecule has 2 aromatic rings. The van der Waals surface area contributed by atoms with Crippen LogP contribution in [0.3, 0.4) is 0 Å². The number of hydrogen-bond acceptors (Lipinski definition) is 4. The SMILES string of the molecule is COc1cccc2c1CCC(NC(c1nccn1C)C1CCOCC1)C2. The van der Waals surface area contributed by atoms with Crippen LogP contribution in [-0.4, -0.2) is 35.9 Å². The highest BCUT2D eigenvalue weighted by Crippen LogP contribution is 2.33. The monoisotopic (exact) mass is 355 g/mol. The Morgan fingerprint density at radius 3 is 2.85 bits per heavy atom. The summed E-state index contributed by atoms with van der Waals surface area (Å²) in [6.45, 7) is 1.72. The second kappa shape index (κ2) is 7.80. The van der Waals surface area contributed by atoms with E-state index in [1.165, 1.54) is 11.1 Å². The molecule has 1 N–H and O–H groups in total. The maximum Gasteiger partial charge on any atom is 0.125 e. The van der Waals surface area contributed by atoms with E-state index in [0.29, 0.717) is 12.0 Å². The number of aromatic nitrogens is 2. The number of benzene rings is 1. The zero-order chi connectivity index (χ0) is 17.9. The third-order valence-corrected chi connectivity index (χ3v) is 5.95. The van der Waals surface area contributed by atoms with E-state index in [9.17, 15) is 0 Å². The van der Waals surface area contributed by atoms with Gasteiger partial charge in [-0.1, -0.05) is 12.1 Å². The van der Waals surface area contributed by atoms with Gasteiger partial charge in [-0.25, -0.2) is 4.98 Å². The predicted octanol–water partition coefficient (Wildman–Crippen LogP) is 3.04. The van der Waals surface area contributed by atoms with Gasteiger partial charge in [-0.2, -0.15) is 0 Å². The van der Waals surface area contributed by atoms with Crippen LogP contribution in [0.25, 0.3) is 0 Å². The highest BCUT2D eigenvalue weighted by Gasteiger charge is 2.31. The Balaban J connectivity index is 1.53. The summed E-state index contributed by atoms with van der Waals surface area (Å²) in [6, 6.07) is 7.19. The number of rotatable bonds is 5. The molecule has 1 fully saturated rings. The molecule has 5 heteroatoms. The summed E-state index contributed by atoms with van der Waals surface area (Å²) < 4.78 is 13.3. The number of methoxy groups -OCH3 is 1. The summed E-state index contributed by atoms with van der Waals surface area (Å²) in [6.07, 6.45) is 9.41. The number of ether oxygens (including phenoxy) is 2. The standard InChI is InChI=1S/C21H29N3O2/c1-24-11-10-22-21(24)20(15-8-12-26-13-9-15)23-17-6-7-18-16(14-17)4-3-5-19(18)25-2/h3-5,10-11,15,17,20,23H,6-9,12-14H2,1-2H3. The molecule has 0 radical (unpaired) electrons. The maximum atomic E-state index is 5.59. The molecule has 0 spiro atoms. The number of nitrogens with one attached hydrogen (secondary N) is 1. The Labute approximate surface area is 155 Å². The molecular formula is C21H29N3O2. The lowest BCUT2D eigenvalue weighted by atomic mass is 9.85. The van der Waals surface area contributed by atoms with Gasteiger partial charge in [0, 0.05) is 38.7 Å². The average molecular weight is 355 g/mol. The predicted molar refractivity (Wildman–Crippen MR) is 101 cm³/mol. The van der Waals surface area contributed by atoms with E-state index in [1.807, 2.05) is 12.4 Å². The summed E-state index contributed by atoms with van der Waals surface area (Å²) in [5.41, 5.74) is 2.80. The molecule has 1 aromatic heterocycles. The number of hydrogen-bond donors (Lipinski definition) is 1. The quantitative estimate of drug-likeness (QED) is 0.896. The number of aryl methyl sites for hydroxylation is 1. The molecule has 2 aliphatic rings. The minimum Gasteiger partial charge on any atom is -0.496 e. The lowest BCUT2D eigenvalue weighted by Gasteiger charge is -2.35. The van der Waals surface area contributed by atoms with E-state index >= 15 is 0 Å². The van der Waals surface area contributed by atoms with Crippen LogP contribution in [0.2, 0.25) is 0 Å². The molecule has 0 bridgehead atoms. The molecule has 0 amide bonds. The first-order valence-electron chi connectivity index (χ1n) is 9.72. The highest BCUT2D eigenvalue weighted by atomic mass is 16.5. The first kappa shape index (κ1) is 17.6. The smallest absolute Gasteiger partial charge is 0.125 e. The lowest BCUT2D eigenvalue weighted by molar-refractivity contribution is 0.0498. The topological polar surface area (TPSA) is 48.3 Å². The Morgan fingerprint density at radius 1 is 1.27 bits per heavy atom. The first-order valence-corrected chi connectivity index (χ1v) is 9.72. The van der Waals surface area contributed by atoms with E-state index in [2.05, 4.69) is 40.1 Å². The fraction of sp³-hybridized carbons (Fsp3) is 0.571. The van der Waals surface area contributed by atoms with E-state index in [0.717, 1.165) is 56.9 Å². The Kier molecular flexibility index (Phi) is 5.27. The van der Waals surface area contributed by atoms with E-state index in [1.54, 1.807) is 7.11 Å². The lowest BCUT2D eigenvalue weighted by Crippen LogP contribution is -2.42. The molecule has 1 aromatic carbocycles. The third-order valence-electron chi connectivity index (χ3n) is 5.95. The number of fused-ring (bicyclic) bond motifs is 1. The molecule has 4 rings (SSSR count). The van der Waals surface area contributed by atoms with Crippen LogP contribution in [0, 0.1) is 5.92 Å². The molecule has 1 saturated heterocycles. The summed E-state index contributed by atoms with van der Waals surface area (Å²) in [7, 11) is 3.86. The minimum atomic E-state index is 0.288. The second-order valence-corrected chi connectivity index (χ2v) is 7.53. The van der Waals surface area contributed by atoms with Crippen LogP contribution in [0.1, 0.15) is 42.3 Å². The molecule has 2 unspecified atom stereocenters. The molecule has 2 heterocycles. The number of imidazole rings is 1. The van der Waals surface area contributed by atoms with Gasteiger partial charge in [0.1, 0.15) is 11.6 Å². The van der Waals surface area contributed by atoms with Gasteiger partial charge in [0.2, 0.25) is 0 Å². The maximum absolute atomic E-state index is 5.59. The molecule has 1 aliphatic heterocycles. The van der Waals surface area contributed by atoms with Crippen LogP contribution < -0.4 is 10.1 Å². The van der Waals surface area contributed by atoms with E-state index in [-0.39, 0.29) is 6.04 Å². The summed E-state index contributed by atoms with van der Waals surface area (Å²) >= 11 is 0. The molecule has 1 aliphatic carbocycles. The second-order valence-electron chi connectivity index (χ2n) is 7.53. The van der Waals surface area contributed by atoms with Gasteiger partial charge in [-0.3, -0.25) is 0 Å². The molecule has 0 saturated carbocycles. The Hall–Kier alpha value is -1.85. The van der Waals surface area contributed by atoms with E-state index in [4.69, 9.17) is 9.47 Å². The zero-order valence-electron chi connectivity index (χ0n) is 15.8. The van der Waals surface area contributed by atoms with Crippen molar-refractivity contribution in [3.63, 3.8) is 0 Å². The highest BCUT2D eigenvalue weighted by molar-refractivity contribution is 5.42. The first-order chi connectivity index (χ1) is 12.8. The number of nitrogens with zero attached hydrogens (tertiary/aromatic N) is 2. The van der Waals surface area contributed by atoms with Crippen molar-refractivity contribution in [1.82, 2.24) is 14.9 Å². The van der Waals surface area contributed by atoms with E-state index < -0.39 is 0 Å². The fourth-order valence-corrected chi connectivity index (χ4v) is 4.51. The van der Waals surface area contributed by atoms with Crippen LogP contribution in [-0.2, 0) is 24.6 Å². The molecule has 140 valence electrons. The van der Waals surface area contributed by atoms with Crippen LogP contribution in [0.5, 0.6) is 5.75 Å². The van der Waals surface area contributed by atoms with Gasteiger partial charge in [0.25, 0.3) is 0 Å².